The maximum atomic E-state index is 12.6. The fourth-order valence-corrected chi connectivity index (χ4v) is 3.33. The molecule has 0 unspecified atom stereocenters. The Morgan fingerprint density at radius 3 is 2.88 bits per heavy atom. The molecule has 0 spiro atoms. The van der Waals surface area contributed by atoms with Crippen molar-refractivity contribution in [3.63, 3.8) is 0 Å². The van der Waals surface area contributed by atoms with Crippen LogP contribution in [0.25, 0.3) is 10.9 Å². The average molecular weight is 463 g/mol. The minimum absolute atomic E-state index is 0.0944. The Morgan fingerprint density at radius 2 is 2.12 bits per heavy atom. The minimum Gasteiger partial charge on any atom is -0.447 e. The molecule has 12 heteroatoms. The highest BCUT2D eigenvalue weighted by atomic mass is 19.3. The number of nitrogens with one attached hydrogen (secondary N) is 1. The Morgan fingerprint density at radius 1 is 1.27 bits per heavy atom. The Kier molecular flexibility index (Phi) is 6.75. The Bertz CT molecular complexity index is 1110. The van der Waals surface area contributed by atoms with Crippen molar-refractivity contribution < 1.29 is 32.2 Å². The molecule has 2 aromatic heterocycles. The van der Waals surface area contributed by atoms with Crippen LogP contribution in [0.15, 0.2) is 28.8 Å². The predicted octanol–water partition coefficient (Wildman–Crippen LogP) is 2.98. The van der Waals surface area contributed by atoms with Crippen LogP contribution in [-0.2, 0) is 9.47 Å². The van der Waals surface area contributed by atoms with Gasteiger partial charge in [0.2, 0.25) is 11.7 Å². The molecule has 0 bridgehead atoms. The summed E-state index contributed by atoms with van der Waals surface area (Å²) < 4.78 is 45.7. The standard InChI is InChI=1S/C21H23F2N5O5/c1-12-3-5-15-13(9-12)10-24-17(26-15)18(29)25-14-4-6-16(31-11-14)19-27-28-20(33-19)30-7-8-32-21(2,22)23/h3,5,9-10,14,16H,4,6-8,11H2,1-2H3,(H,25,29)/t14-,16+/m1/s1. The molecule has 0 radical (unpaired) electrons. The van der Waals surface area contributed by atoms with Crippen LogP contribution in [0.1, 0.15) is 47.9 Å². The third-order valence-electron chi connectivity index (χ3n) is 4.91. The number of carbonyl (C=O) groups is 1. The van der Waals surface area contributed by atoms with Crippen LogP contribution in [0.4, 0.5) is 8.78 Å². The molecule has 176 valence electrons. The van der Waals surface area contributed by atoms with E-state index >= 15 is 0 Å². The number of rotatable bonds is 8. The van der Waals surface area contributed by atoms with Crippen LogP contribution < -0.4 is 10.1 Å². The fourth-order valence-electron chi connectivity index (χ4n) is 3.33. The Hall–Kier alpha value is -3.25. The lowest BCUT2D eigenvalue weighted by Gasteiger charge is -2.27. The van der Waals surface area contributed by atoms with Crippen LogP contribution in [0, 0.1) is 6.92 Å². The second-order valence-electron chi connectivity index (χ2n) is 7.74. The van der Waals surface area contributed by atoms with Gasteiger partial charge in [0.1, 0.15) is 12.7 Å². The van der Waals surface area contributed by atoms with Crippen molar-refractivity contribution in [3.05, 3.63) is 41.7 Å². The van der Waals surface area contributed by atoms with Crippen molar-refractivity contribution in [2.75, 3.05) is 19.8 Å². The number of fused-ring (bicyclic) bond motifs is 1. The maximum Gasteiger partial charge on any atom is 0.414 e. The molecule has 33 heavy (non-hydrogen) atoms. The first-order chi connectivity index (χ1) is 15.8. The molecule has 3 aromatic rings. The summed E-state index contributed by atoms with van der Waals surface area (Å²) in [7, 11) is 0. The molecule has 1 aromatic carbocycles. The fraction of sp³-hybridized carbons (Fsp3) is 0.476. The number of halogens is 2. The first kappa shape index (κ1) is 22.9. The van der Waals surface area contributed by atoms with Crippen molar-refractivity contribution in [1.82, 2.24) is 25.5 Å². The van der Waals surface area contributed by atoms with E-state index in [9.17, 15) is 13.6 Å². The van der Waals surface area contributed by atoms with Gasteiger partial charge >= 0.3 is 12.2 Å². The smallest absolute Gasteiger partial charge is 0.414 e. The predicted molar refractivity (Wildman–Crippen MR) is 110 cm³/mol. The highest BCUT2D eigenvalue weighted by Crippen LogP contribution is 2.28. The van der Waals surface area contributed by atoms with Gasteiger partial charge in [-0.25, -0.2) is 9.97 Å². The summed E-state index contributed by atoms with van der Waals surface area (Å²) in [6.07, 6.45) is -1.08. The van der Waals surface area contributed by atoms with Gasteiger partial charge in [0.25, 0.3) is 5.91 Å². The minimum atomic E-state index is -3.23. The van der Waals surface area contributed by atoms with Gasteiger partial charge in [-0.15, -0.1) is 5.10 Å². The van der Waals surface area contributed by atoms with E-state index in [-0.39, 0.29) is 49.6 Å². The SMILES string of the molecule is Cc1ccc2nc(C(=O)N[C@@H]3CC[C@@H](c4nnc(OCCOC(C)(F)F)o4)OC3)ncc2c1. The summed E-state index contributed by atoms with van der Waals surface area (Å²) in [5, 5.41) is 11.3. The molecule has 1 aliphatic rings. The van der Waals surface area contributed by atoms with E-state index in [4.69, 9.17) is 13.9 Å². The summed E-state index contributed by atoms with van der Waals surface area (Å²) >= 11 is 0. The van der Waals surface area contributed by atoms with E-state index in [0.29, 0.717) is 25.3 Å². The summed E-state index contributed by atoms with van der Waals surface area (Å²) in [6.45, 7) is 2.36. The molecule has 10 nitrogen and oxygen atoms in total. The van der Waals surface area contributed by atoms with Gasteiger partial charge in [-0.3, -0.25) is 4.79 Å². The van der Waals surface area contributed by atoms with Gasteiger partial charge in [0.05, 0.1) is 24.8 Å². The number of aromatic nitrogens is 4. The average Bonchev–Trinajstić information content (AvgIpc) is 3.25. The number of amides is 1. The third-order valence-corrected chi connectivity index (χ3v) is 4.91. The highest BCUT2D eigenvalue weighted by molar-refractivity contribution is 5.92. The van der Waals surface area contributed by atoms with E-state index in [1.165, 1.54) is 0 Å². The number of ether oxygens (including phenoxy) is 3. The summed E-state index contributed by atoms with van der Waals surface area (Å²) in [4.78, 5) is 21.0. The van der Waals surface area contributed by atoms with Crippen LogP contribution in [-0.4, -0.2) is 58.0 Å². The number of carbonyl (C=O) groups excluding carboxylic acids is 1. The largest absolute Gasteiger partial charge is 0.447 e. The van der Waals surface area contributed by atoms with Crippen LogP contribution in [0.3, 0.4) is 0 Å². The van der Waals surface area contributed by atoms with Gasteiger partial charge in [0.15, 0.2) is 0 Å². The van der Waals surface area contributed by atoms with Gasteiger partial charge in [-0.05, 0) is 31.9 Å². The normalized spacial score (nSPS) is 18.9. The Balaban J connectivity index is 1.25. The summed E-state index contributed by atoms with van der Waals surface area (Å²) in [5.41, 5.74) is 1.79. The van der Waals surface area contributed by atoms with Gasteiger partial charge in [0, 0.05) is 18.5 Å². The summed E-state index contributed by atoms with van der Waals surface area (Å²) in [5.74, 6) is -0.0699. The monoisotopic (exact) mass is 463 g/mol. The molecule has 4 rings (SSSR count). The van der Waals surface area contributed by atoms with Crippen molar-refractivity contribution in [1.29, 1.82) is 0 Å². The number of hydrogen-bond donors (Lipinski definition) is 1. The van der Waals surface area contributed by atoms with E-state index in [1.54, 1.807) is 6.20 Å². The first-order valence-corrected chi connectivity index (χ1v) is 10.4. The van der Waals surface area contributed by atoms with E-state index in [0.717, 1.165) is 10.9 Å². The van der Waals surface area contributed by atoms with Crippen LogP contribution >= 0.6 is 0 Å². The molecular weight excluding hydrogens is 440 g/mol. The van der Waals surface area contributed by atoms with Gasteiger partial charge in [-0.1, -0.05) is 16.7 Å². The maximum absolute atomic E-state index is 12.6. The molecule has 1 aliphatic heterocycles. The zero-order valence-corrected chi connectivity index (χ0v) is 18.1. The molecule has 0 aliphatic carbocycles. The number of benzene rings is 1. The van der Waals surface area contributed by atoms with Crippen LogP contribution in [0.2, 0.25) is 0 Å². The zero-order chi connectivity index (χ0) is 23.4. The molecule has 0 saturated carbocycles. The number of alkyl halides is 2. The second-order valence-corrected chi connectivity index (χ2v) is 7.74. The van der Waals surface area contributed by atoms with Crippen molar-refractivity contribution in [2.24, 2.45) is 0 Å². The first-order valence-electron chi connectivity index (χ1n) is 10.4. The third kappa shape index (κ3) is 6.17. The Labute approximate surface area is 187 Å². The quantitative estimate of drug-likeness (QED) is 0.503. The van der Waals surface area contributed by atoms with E-state index < -0.39 is 12.2 Å². The lowest BCUT2D eigenvalue weighted by atomic mass is 10.0. The topological polar surface area (TPSA) is 121 Å². The van der Waals surface area contributed by atoms with Crippen LogP contribution in [0.5, 0.6) is 6.08 Å². The highest BCUT2D eigenvalue weighted by Gasteiger charge is 2.29. The molecule has 1 N–H and O–H groups in total. The molecule has 1 fully saturated rings. The van der Waals surface area contributed by atoms with E-state index in [2.05, 4.69) is 30.2 Å². The van der Waals surface area contributed by atoms with Crippen molar-refractivity contribution in [3.8, 4) is 6.08 Å². The number of aryl methyl sites for hydroxylation is 1. The summed E-state index contributed by atoms with van der Waals surface area (Å²) in [6, 6.07) is 5.51. The van der Waals surface area contributed by atoms with Crippen molar-refractivity contribution >= 4 is 16.8 Å². The molecular formula is C21H23F2N5O5. The molecule has 2 atom stereocenters. The molecule has 1 saturated heterocycles. The number of nitrogens with zero attached hydrogens (tertiary/aromatic N) is 4. The lowest BCUT2D eigenvalue weighted by molar-refractivity contribution is -0.226. The van der Waals surface area contributed by atoms with Gasteiger partial charge < -0.3 is 23.9 Å². The number of hydrogen-bond acceptors (Lipinski definition) is 9. The molecule has 1 amide bonds. The van der Waals surface area contributed by atoms with Gasteiger partial charge in [-0.2, -0.15) is 8.78 Å². The second kappa shape index (κ2) is 9.71. The molecule has 3 heterocycles. The zero-order valence-electron chi connectivity index (χ0n) is 18.1. The van der Waals surface area contributed by atoms with E-state index in [1.807, 2.05) is 25.1 Å². The van der Waals surface area contributed by atoms with Crippen molar-refractivity contribution in [2.45, 2.75) is 44.9 Å². The lowest BCUT2D eigenvalue weighted by Crippen LogP contribution is -2.41.